The highest BCUT2D eigenvalue weighted by molar-refractivity contribution is 5.24. The van der Waals surface area contributed by atoms with Gasteiger partial charge in [0.25, 0.3) is 0 Å². The van der Waals surface area contributed by atoms with Crippen molar-refractivity contribution in [3.63, 3.8) is 0 Å². The van der Waals surface area contributed by atoms with Gasteiger partial charge in [-0.1, -0.05) is 19.9 Å². The Labute approximate surface area is 123 Å². The molecule has 0 aliphatic rings. The van der Waals surface area contributed by atoms with Crippen molar-refractivity contribution in [3.8, 4) is 5.88 Å². The van der Waals surface area contributed by atoms with Gasteiger partial charge in [-0.3, -0.25) is 0 Å². The number of halogens is 3. The van der Waals surface area contributed by atoms with Crippen LogP contribution in [-0.4, -0.2) is 24.3 Å². The Balaban J connectivity index is 2.39. The van der Waals surface area contributed by atoms with Crippen LogP contribution in [0.1, 0.15) is 37.9 Å². The summed E-state index contributed by atoms with van der Waals surface area (Å²) < 4.78 is 41.2. The van der Waals surface area contributed by atoms with Crippen molar-refractivity contribution in [2.24, 2.45) is 5.92 Å². The summed E-state index contributed by atoms with van der Waals surface area (Å²) in [6, 6.07) is 3.60. The van der Waals surface area contributed by atoms with E-state index in [0.29, 0.717) is 11.8 Å². The largest absolute Gasteiger partial charge is 0.478 e. The molecule has 21 heavy (non-hydrogen) atoms. The highest BCUT2D eigenvalue weighted by atomic mass is 19.4. The average Bonchev–Trinajstić information content (AvgIpc) is 2.35. The van der Waals surface area contributed by atoms with Crippen molar-refractivity contribution in [1.82, 2.24) is 10.3 Å². The van der Waals surface area contributed by atoms with Crippen molar-refractivity contribution < 1.29 is 17.9 Å². The molecule has 0 spiro atoms. The number of aryl methyl sites for hydroxylation is 1. The van der Waals surface area contributed by atoms with Crippen molar-refractivity contribution in [3.05, 3.63) is 23.4 Å². The van der Waals surface area contributed by atoms with Crippen LogP contribution in [0.4, 0.5) is 13.2 Å². The third-order valence-electron chi connectivity index (χ3n) is 2.89. The van der Waals surface area contributed by atoms with Crippen molar-refractivity contribution >= 4 is 0 Å². The number of ether oxygens (including phenoxy) is 1. The summed E-state index contributed by atoms with van der Waals surface area (Å²) in [4.78, 5) is 4.26. The van der Waals surface area contributed by atoms with Gasteiger partial charge in [0.15, 0.2) is 0 Å². The molecule has 1 aromatic heterocycles. The van der Waals surface area contributed by atoms with Crippen molar-refractivity contribution in [1.29, 1.82) is 0 Å². The van der Waals surface area contributed by atoms with Crippen LogP contribution >= 0.6 is 0 Å². The van der Waals surface area contributed by atoms with Crippen LogP contribution in [0.2, 0.25) is 0 Å². The Morgan fingerprint density at radius 3 is 2.57 bits per heavy atom. The molecule has 0 fully saturated rings. The van der Waals surface area contributed by atoms with Gasteiger partial charge in [0.1, 0.15) is 0 Å². The maximum atomic E-state index is 12.0. The van der Waals surface area contributed by atoms with E-state index in [1.807, 2.05) is 13.0 Å². The minimum atomic E-state index is -4.13. The third-order valence-corrected chi connectivity index (χ3v) is 2.89. The fourth-order valence-electron chi connectivity index (χ4n) is 1.78. The SMILES string of the molecule is Cc1nc(OCCCC(F)(F)F)ccc1CNCC(C)C. The lowest BCUT2D eigenvalue weighted by molar-refractivity contribution is -0.136. The molecule has 0 aromatic carbocycles. The average molecular weight is 304 g/mol. The maximum absolute atomic E-state index is 12.0. The standard InChI is InChI=1S/C15H23F3N2O/c1-11(2)9-19-10-13-5-6-14(20-12(13)3)21-8-4-7-15(16,17)18/h5-6,11,19H,4,7-10H2,1-3H3. The Morgan fingerprint density at radius 2 is 2.00 bits per heavy atom. The molecular weight excluding hydrogens is 281 g/mol. The smallest absolute Gasteiger partial charge is 0.389 e. The highest BCUT2D eigenvalue weighted by Crippen LogP contribution is 2.21. The molecule has 0 bridgehead atoms. The molecule has 0 unspecified atom stereocenters. The van der Waals surface area contributed by atoms with E-state index < -0.39 is 12.6 Å². The molecule has 0 aliphatic heterocycles. The fourth-order valence-corrected chi connectivity index (χ4v) is 1.78. The van der Waals surface area contributed by atoms with E-state index in [1.165, 1.54) is 0 Å². The van der Waals surface area contributed by atoms with Crippen molar-refractivity contribution in [2.45, 2.75) is 46.3 Å². The molecule has 1 N–H and O–H groups in total. The zero-order valence-corrected chi connectivity index (χ0v) is 12.8. The molecule has 0 radical (unpaired) electrons. The van der Waals surface area contributed by atoms with Gasteiger partial charge in [0.05, 0.1) is 6.61 Å². The van der Waals surface area contributed by atoms with E-state index in [4.69, 9.17) is 4.74 Å². The molecule has 0 aliphatic carbocycles. The molecule has 0 saturated heterocycles. The van der Waals surface area contributed by atoms with Gasteiger partial charge in [0, 0.05) is 24.7 Å². The first-order valence-corrected chi connectivity index (χ1v) is 7.14. The predicted molar refractivity (Wildman–Crippen MR) is 76.3 cm³/mol. The Hall–Kier alpha value is -1.30. The monoisotopic (exact) mass is 304 g/mol. The van der Waals surface area contributed by atoms with E-state index in [1.54, 1.807) is 6.07 Å². The number of alkyl halides is 3. The zero-order chi connectivity index (χ0) is 15.9. The number of nitrogens with one attached hydrogen (secondary N) is 1. The minimum Gasteiger partial charge on any atom is -0.478 e. The van der Waals surface area contributed by atoms with Crippen LogP contribution < -0.4 is 10.1 Å². The van der Waals surface area contributed by atoms with E-state index in [9.17, 15) is 13.2 Å². The van der Waals surface area contributed by atoms with E-state index >= 15 is 0 Å². The van der Waals surface area contributed by atoms with Crippen LogP contribution in [0, 0.1) is 12.8 Å². The van der Waals surface area contributed by atoms with Crippen LogP contribution in [0.25, 0.3) is 0 Å². The Bertz CT molecular complexity index is 433. The number of aromatic nitrogens is 1. The number of hydrogen-bond donors (Lipinski definition) is 1. The van der Waals surface area contributed by atoms with Gasteiger partial charge < -0.3 is 10.1 Å². The van der Waals surface area contributed by atoms with E-state index in [2.05, 4.69) is 24.1 Å². The summed E-state index contributed by atoms with van der Waals surface area (Å²) in [5.74, 6) is 0.955. The first kappa shape index (κ1) is 17.8. The van der Waals surface area contributed by atoms with E-state index in [-0.39, 0.29) is 13.0 Å². The molecule has 0 saturated carbocycles. The molecule has 1 aromatic rings. The Morgan fingerprint density at radius 1 is 1.29 bits per heavy atom. The first-order chi connectivity index (χ1) is 9.78. The maximum Gasteiger partial charge on any atom is 0.389 e. The van der Waals surface area contributed by atoms with Gasteiger partial charge in [-0.25, -0.2) is 4.98 Å². The molecular formula is C15H23F3N2O. The lowest BCUT2D eigenvalue weighted by Crippen LogP contribution is -2.19. The topological polar surface area (TPSA) is 34.1 Å². The molecule has 3 nitrogen and oxygen atoms in total. The van der Waals surface area contributed by atoms with Gasteiger partial charge in [-0.15, -0.1) is 0 Å². The van der Waals surface area contributed by atoms with Crippen LogP contribution in [0.15, 0.2) is 12.1 Å². The summed E-state index contributed by atoms with van der Waals surface area (Å²) in [6.07, 6.45) is -5.01. The zero-order valence-electron chi connectivity index (χ0n) is 12.8. The third kappa shape index (κ3) is 7.90. The summed E-state index contributed by atoms with van der Waals surface area (Å²) in [6.45, 7) is 7.82. The second-order valence-corrected chi connectivity index (χ2v) is 5.49. The number of nitrogens with zero attached hydrogens (tertiary/aromatic N) is 1. The summed E-state index contributed by atoms with van der Waals surface area (Å²) >= 11 is 0. The predicted octanol–water partition coefficient (Wildman–Crippen LogP) is 3.86. The highest BCUT2D eigenvalue weighted by Gasteiger charge is 2.26. The number of pyridine rings is 1. The molecule has 120 valence electrons. The lowest BCUT2D eigenvalue weighted by atomic mass is 10.2. The van der Waals surface area contributed by atoms with Gasteiger partial charge in [-0.2, -0.15) is 13.2 Å². The van der Waals surface area contributed by atoms with Crippen LogP contribution in [0.3, 0.4) is 0 Å². The van der Waals surface area contributed by atoms with Crippen LogP contribution in [0.5, 0.6) is 5.88 Å². The Kier molecular flexibility index (Phi) is 6.95. The summed E-state index contributed by atoms with van der Waals surface area (Å²) in [7, 11) is 0. The minimum absolute atomic E-state index is 0.0247. The van der Waals surface area contributed by atoms with Crippen molar-refractivity contribution in [2.75, 3.05) is 13.2 Å². The van der Waals surface area contributed by atoms with Crippen LogP contribution in [-0.2, 0) is 6.54 Å². The second kappa shape index (κ2) is 8.22. The summed E-state index contributed by atoms with van der Waals surface area (Å²) in [5.41, 5.74) is 1.90. The van der Waals surface area contributed by atoms with Gasteiger partial charge in [0.2, 0.25) is 5.88 Å². The summed E-state index contributed by atoms with van der Waals surface area (Å²) in [5, 5.41) is 3.32. The molecule has 0 amide bonds. The fraction of sp³-hybridized carbons (Fsp3) is 0.667. The number of rotatable bonds is 8. The van der Waals surface area contributed by atoms with E-state index in [0.717, 1.165) is 24.3 Å². The van der Waals surface area contributed by atoms with Gasteiger partial charge in [-0.05, 0) is 31.4 Å². The molecule has 0 atom stereocenters. The molecule has 1 heterocycles. The van der Waals surface area contributed by atoms with Gasteiger partial charge >= 0.3 is 6.18 Å². The molecule has 6 heteroatoms. The molecule has 1 rings (SSSR count). The number of hydrogen-bond acceptors (Lipinski definition) is 3. The quantitative estimate of drug-likeness (QED) is 0.741. The lowest BCUT2D eigenvalue weighted by Gasteiger charge is -2.11. The normalized spacial score (nSPS) is 12.0. The first-order valence-electron chi connectivity index (χ1n) is 7.14. The second-order valence-electron chi connectivity index (χ2n) is 5.49.